The Kier molecular flexibility index (Phi) is 6.55. The van der Waals surface area contributed by atoms with Crippen LogP contribution in [-0.4, -0.2) is 40.1 Å². The molecule has 1 heterocycles. The number of methoxy groups -OCH3 is 1. The molecule has 21 heavy (non-hydrogen) atoms. The van der Waals surface area contributed by atoms with Crippen LogP contribution < -0.4 is 0 Å². The van der Waals surface area contributed by atoms with Crippen LogP contribution in [0.1, 0.15) is 51.9 Å². The fourth-order valence-electron chi connectivity index (χ4n) is 3.06. The van der Waals surface area contributed by atoms with Crippen molar-refractivity contribution in [2.75, 3.05) is 13.7 Å². The SMILES string of the molecule is CCCCC1=CCC2C(CC1)SC(=S)N2CCC(=O)OC. The van der Waals surface area contributed by atoms with Crippen LogP contribution in [0.3, 0.4) is 0 Å². The smallest absolute Gasteiger partial charge is 0.307 e. The number of rotatable bonds is 6. The Morgan fingerprint density at radius 1 is 1.57 bits per heavy atom. The predicted molar refractivity (Wildman–Crippen MR) is 92.6 cm³/mol. The summed E-state index contributed by atoms with van der Waals surface area (Å²) < 4.78 is 5.70. The standard InChI is InChI=1S/C16H25NO2S2/c1-3-4-5-12-6-8-13-14(9-7-12)21-16(20)17(13)11-10-15(18)19-2/h6,13-14H,3-5,7-11H2,1-2H3. The summed E-state index contributed by atoms with van der Waals surface area (Å²) in [5.74, 6) is -0.154. The van der Waals surface area contributed by atoms with Gasteiger partial charge in [0.05, 0.1) is 13.5 Å². The number of fused-ring (bicyclic) bond motifs is 1. The van der Waals surface area contributed by atoms with Crippen LogP contribution in [0.4, 0.5) is 0 Å². The van der Waals surface area contributed by atoms with Crippen LogP contribution in [0.15, 0.2) is 11.6 Å². The van der Waals surface area contributed by atoms with Crippen LogP contribution in [-0.2, 0) is 9.53 Å². The Morgan fingerprint density at radius 3 is 3.10 bits per heavy atom. The highest BCUT2D eigenvalue weighted by Gasteiger charge is 2.38. The van der Waals surface area contributed by atoms with Crippen molar-refractivity contribution in [3.8, 4) is 0 Å². The maximum atomic E-state index is 11.4. The molecule has 2 rings (SSSR count). The van der Waals surface area contributed by atoms with Crippen LogP contribution in [0.25, 0.3) is 0 Å². The minimum Gasteiger partial charge on any atom is -0.469 e. The van der Waals surface area contributed by atoms with Gasteiger partial charge < -0.3 is 9.64 Å². The number of allylic oxidation sites excluding steroid dienone is 1. The van der Waals surface area contributed by atoms with E-state index in [9.17, 15) is 4.79 Å². The maximum Gasteiger partial charge on any atom is 0.307 e. The first-order valence-electron chi connectivity index (χ1n) is 7.87. The van der Waals surface area contributed by atoms with Gasteiger partial charge in [-0.25, -0.2) is 0 Å². The highest BCUT2D eigenvalue weighted by Crippen LogP contribution is 2.39. The summed E-state index contributed by atoms with van der Waals surface area (Å²) >= 11 is 7.33. The number of carbonyl (C=O) groups is 1. The second kappa shape index (κ2) is 8.18. The Bertz CT molecular complexity index is 423. The van der Waals surface area contributed by atoms with Gasteiger partial charge in [-0.15, -0.1) is 0 Å². The van der Waals surface area contributed by atoms with Gasteiger partial charge in [0.25, 0.3) is 0 Å². The number of hydrogen-bond donors (Lipinski definition) is 0. The molecule has 0 radical (unpaired) electrons. The lowest BCUT2D eigenvalue weighted by Crippen LogP contribution is -2.37. The third kappa shape index (κ3) is 4.46. The highest BCUT2D eigenvalue weighted by molar-refractivity contribution is 8.23. The summed E-state index contributed by atoms with van der Waals surface area (Å²) in [7, 11) is 1.44. The summed E-state index contributed by atoms with van der Waals surface area (Å²) in [4.78, 5) is 13.6. The first kappa shape index (κ1) is 16.8. The molecule has 2 atom stereocenters. The second-order valence-electron chi connectivity index (χ2n) is 5.75. The molecular weight excluding hydrogens is 302 g/mol. The number of unbranched alkanes of at least 4 members (excludes halogenated alkanes) is 1. The second-order valence-corrected chi connectivity index (χ2v) is 7.62. The first-order valence-corrected chi connectivity index (χ1v) is 9.16. The summed E-state index contributed by atoms with van der Waals surface area (Å²) in [6.45, 7) is 2.94. The number of nitrogens with zero attached hydrogens (tertiary/aromatic N) is 1. The van der Waals surface area contributed by atoms with Gasteiger partial charge in [0, 0.05) is 17.8 Å². The topological polar surface area (TPSA) is 29.5 Å². The Labute approximate surface area is 137 Å². The minimum absolute atomic E-state index is 0.154. The summed E-state index contributed by atoms with van der Waals surface area (Å²) in [5.41, 5.74) is 1.62. The van der Waals surface area contributed by atoms with Crippen molar-refractivity contribution in [1.82, 2.24) is 4.90 Å². The number of hydrogen-bond acceptors (Lipinski definition) is 4. The largest absolute Gasteiger partial charge is 0.469 e. The van der Waals surface area contributed by atoms with Crippen molar-refractivity contribution >= 4 is 34.3 Å². The number of carbonyl (C=O) groups excluding carboxylic acids is 1. The molecule has 0 aromatic heterocycles. The molecule has 0 saturated carbocycles. The predicted octanol–water partition coefficient (Wildman–Crippen LogP) is 3.92. The van der Waals surface area contributed by atoms with Gasteiger partial charge in [0.2, 0.25) is 0 Å². The van der Waals surface area contributed by atoms with Crippen molar-refractivity contribution in [3.63, 3.8) is 0 Å². The normalized spacial score (nSPS) is 25.3. The fraction of sp³-hybridized carbons (Fsp3) is 0.750. The van der Waals surface area contributed by atoms with E-state index in [-0.39, 0.29) is 5.97 Å². The van der Waals surface area contributed by atoms with Gasteiger partial charge in [0.15, 0.2) is 0 Å². The zero-order chi connectivity index (χ0) is 15.2. The van der Waals surface area contributed by atoms with Crippen molar-refractivity contribution in [2.24, 2.45) is 0 Å². The van der Waals surface area contributed by atoms with E-state index >= 15 is 0 Å². The van der Waals surface area contributed by atoms with Gasteiger partial charge >= 0.3 is 5.97 Å². The molecule has 0 spiro atoms. The lowest BCUT2D eigenvalue weighted by molar-refractivity contribution is -0.140. The van der Waals surface area contributed by atoms with Gasteiger partial charge in [0.1, 0.15) is 4.32 Å². The molecule has 0 aromatic rings. The zero-order valence-electron chi connectivity index (χ0n) is 13.0. The molecule has 0 N–H and O–H groups in total. The van der Waals surface area contributed by atoms with E-state index in [4.69, 9.17) is 17.0 Å². The number of thioether (sulfide) groups is 1. The molecule has 118 valence electrons. The van der Waals surface area contributed by atoms with E-state index in [0.717, 1.165) is 10.7 Å². The molecule has 5 heteroatoms. The molecule has 0 aromatic carbocycles. The average Bonchev–Trinajstić information content (AvgIpc) is 2.65. The van der Waals surface area contributed by atoms with Crippen molar-refractivity contribution in [2.45, 2.75) is 63.2 Å². The summed E-state index contributed by atoms with van der Waals surface area (Å²) in [6.07, 6.45) is 10.1. The Morgan fingerprint density at radius 2 is 2.38 bits per heavy atom. The summed E-state index contributed by atoms with van der Waals surface area (Å²) in [6, 6.07) is 0.464. The third-order valence-corrected chi connectivity index (χ3v) is 6.16. The van der Waals surface area contributed by atoms with E-state index in [2.05, 4.69) is 17.9 Å². The molecule has 1 saturated heterocycles. The number of thiocarbonyl (C=S) groups is 1. The Balaban J connectivity index is 1.96. The van der Waals surface area contributed by atoms with Crippen molar-refractivity contribution in [1.29, 1.82) is 0 Å². The fourth-order valence-corrected chi connectivity index (χ4v) is 4.93. The van der Waals surface area contributed by atoms with E-state index in [1.807, 2.05) is 11.8 Å². The molecular formula is C16H25NO2S2. The molecule has 0 bridgehead atoms. The van der Waals surface area contributed by atoms with E-state index in [0.29, 0.717) is 24.3 Å². The van der Waals surface area contributed by atoms with Crippen LogP contribution in [0.5, 0.6) is 0 Å². The van der Waals surface area contributed by atoms with E-state index < -0.39 is 0 Å². The molecule has 1 aliphatic heterocycles. The van der Waals surface area contributed by atoms with Crippen molar-refractivity contribution < 1.29 is 9.53 Å². The highest BCUT2D eigenvalue weighted by atomic mass is 32.2. The van der Waals surface area contributed by atoms with Crippen LogP contribution in [0, 0.1) is 0 Å². The van der Waals surface area contributed by atoms with Crippen molar-refractivity contribution in [3.05, 3.63) is 11.6 Å². The van der Waals surface area contributed by atoms with Gasteiger partial charge in [-0.1, -0.05) is 49.0 Å². The lowest BCUT2D eigenvalue weighted by atomic mass is 10.0. The van der Waals surface area contributed by atoms with Gasteiger partial charge in [-0.3, -0.25) is 4.79 Å². The zero-order valence-corrected chi connectivity index (χ0v) is 14.6. The van der Waals surface area contributed by atoms with Gasteiger partial charge in [-0.05, 0) is 32.1 Å². The summed E-state index contributed by atoms with van der Waals surface area (Å²) in [5, 5.41) is 0.588. The Hall–Kier alpha value is -0.550. The minimum atomic E-state index is -0.154. The van der Waals surface area contributed by atoms with Crippen LogP contribution in [0.2, 0.25) is 0 Å². The maximum absolute atomic E-state index is 11.4. The van der Waals surface area contributed by atoms with Gasteiger partial charge in [-0.2, -0.15) is 0 Å². The first-order chi connectivity index (χ1) is 10.2. The molecule has 1 aliphatic carbocycles. The monoisotopic (exact) mass is 327 g/mol. The molecule has 0 amide bonds. The molecule has 2 unspecified atom stereocenters. The van der Waals surface area contributed by atoms with E-state index in [1.54, 1.807) is 5.57 Å². The lowest BCUT2D eigenvalue weighted by Gasteiger charge is -2.26. The number of ether oxygens (including phenoxy) is 1. The third-order valence-electron chi connectivity index (χ3n) is 4.35. The number of esters is 1. The molecule has 1 fully saturated rings. The quantitative estimate of drug-likeness (QED) is 0.419. The van der Waals surface area contributed by atoms with Crippen LogP contribution >= 0.6 is 24.0 Å². The molecule has 2 aliphatic rings. The van der Waals surface area contributed by atoms with E-state index in [1.165, 1.54) is 39.2 Å². The average molecular weight is 328 g/mol. The molecule has 3 nitrogen and oxygen atoms in total.